The number of nitrogens with one attached hydrogen (secondary N) is 1. The molecular formula is C36H33F3N2O9S. The van der Waals surface area contributed by atoms with E-state index in [1.807, 2.05) is 0 Å². The standard InChI is InChI=1S/C36H33F3N2O9S/c1-5-47-32(44)35(33(45)48-6-2,29-12-9-19-51-29)21-49-34(46)50-24-17-18-28(27(20-24)31(43)41(3)4)40-30(42)26-11-8-7-10-25(26)22-13-15-23(16-14-22)36(37,38)39/h7-20H,5-6,21H2,1-4H3,(H,40,42). The predicted molar refractivity (Wildman–Crippen MR) is 181 cm³/mol. The number of hydrogen-bond acceptors (Lipinski definition) is 10. The molecule has 0 fully saturated rings. The summed E-state index contributed by atoms with van der Waals surface area (Å²) in [5, 5.41) is 4.28. The van der Waals surface area contributed by atoms with Crippen LogP contribution in [0.2, 0.25) is 0 Å². The number of hydrogen-bond donors (Lipinski definition) is 1. The summed E-state index contributed by atoms with van der Waals surface area (Å²) >= 11 is 1.06. The highest BCUT2D eigenvalue weighted by Gasteiger charge is 2.53. The van der Waals surface area contributed by atoms with Crippen molar-refractivity contribution < 1.29 is 56.1 Å². The first-order valence-electron chi connectivity index (χ1n) is 15.4. The van der Waals surface area contributed by atoms with Crippen molar-refractivity contribution in [1.82, 2.24) is 4.90 Å². The normalized spacial score (nSPS) is 11.3. The maximum atomic E-state index is 13.5. The van der Waals surface area contributed by atoms with Gasteiger partial charge in [0.25, 0.3) is 11.8 Å². The molecule has 0 aliphatic heterocycles. The van der Waals surface area contributed by atoms with E-state index in [0.29, 0.717) is 11.1 Å². The van der Waals surface area contributed by atoms with Gasteiger partial charge >= 0.3 is 24.3 Å². The Morgan fingerprint density at radius 2 is 1.43 bits per heavy atom. The summed E-state index contributed by atoms with van der Waals surface area (Å²) in [6.45, 7) is 2.15. The van der Waals surface area contributed by atoms with Crippen molar-refractivity contribution in [1.29, 1.82) is 0 Å². The average molecular weight is 727 g/mol. The second kappa shape index (κ2) is 16.3. The smallest absolute Gasteiger partial charge is 0.465 e. The molecule has 268 valence electrons. The van der Waals surface area contributed by atoms with Crippen LogP contribution in [-0.4, -0.2) is 68.7 Å². The molecule has 11 nitrogen and oxygen atoms in total. The lowest BCUT2D eigenvalue weighted by Gasteiger charge is -2.27. The van der Waals surface area contributed by atoms with Gasteiger partial charge in [-0.05, 0) is 72.8 Å². The van der Waals surface area contributed by atoms with E-state index < -0.39 is 53.7 Å². The molecule has 51 heavy (non-hydrogen) atoms. The largest absolute Gasteiger partial charge is 0.513 e. The Morgan fingerprint density at radius 1 is 0.784 bits per heavy atom. The molecule has 15 heteroatoms. The van der Waals surface area contributed by atoms with Gasteiger partial charge in [0.1, 0.15) is 12.4 Å². The van der Waals surface area contributed by atoms with E-state index in [2.05, 4.69) is 5.32 Å². The van der Waals surface area contributed by atoms with Crippen molar-refractivity contribution in [3.63, 3.8) is 0 Å². The number of amides is 2. The third-order valence-electron chi connectivity index (χ3n) is 7.37. The summed E-state index contributed by atoms with van der Waals surface area (Å²) in [4.78, 5) is 67.4. The van der Waals surface area contributed by atoms with Crippen LogP contribution in [-0.2, 0) is 35.4 Å². The van der Waals surface area contributed by atoms with Crippen molar-refractivity contribution >= 4 is 46.9 Å². The number of halogens is 3. The Labute approximate surface area is 294 Å². The number of anilines is 1. The summed E-state index contributed by atoms with van der Waals surface area (Å²) < 4.78 is 60.2. The number of thiophene rings is 1. The van der Waals surface area contributed by atoms with E-state index in [1.54, 1.807) is 43.5 Å². The van der Waals surface area contributed by atoms with Gasteiger partial charge < -0.3 is 29.2 Å². The number of esters is 2. The molecule has 0 saturated heterocycles. The first kappa shape index (κ1) is 38.1. The monoisotopic (exact) mass is 726 g/mol. The lowest BCUT2D eigenvalue weighted by atomic mass is 9.87. The quantitative estimate of drug-likeness (QED) is 0.0711. The maximum absolute atomic E-state index is 13.5. The number of benzene rings is 3. The van der Waals surface area contributed by atoms with E-state index in [-0.39, 0.29) is 40.7 Å². The van der Waals surface area contributed by atoms with E-state index in [0.717, 1.165) is 23.5 Å². The summed E-state index contributed by atoms with van der Waals surface area (Å²) in [5.41, 5.74) is -2.21. The molecule has 0 bridgehead atoms. The zero-order valence-electron chi connectivity index (χ0n) is 27.9. The number of nitrogens with zero attached hydrogens (tertiary/aromatic N) is 1. The lowest BCUT2D eigenvalue weighted by molar-refractivity contribution is -0.167. The van der Waals surface area contributed by atoms with Gasteiger partial charge in [0.15, 0.2) is 0 Å². The number of carbonyl (C=O) groups is 5. The van der Waals surface area contributed by atoms with Crippen LogP contribution >= 0.6 is 11.3 Å². The number of carbonyl (C=O) groups excluding carboxylic acids is 5. The molecule has 0 atom stereocenters. The van der Waals surface area contributed by atoms with Crippen LogP contribution in [0.3, 0.4) is 0 Å². The van der Waals surface area contributed by atoms with Crippen molar-refractivity contribution in [2.24, 2.45) is 0 Å². The van der Waals surface area contributed by atoms with E-state index >= 15 is 0 Å². The first-order valence-corrected chi connectivity index (χ1v) is 16.3. The number of alkyl halides is 3. The lowest BCUT2D eigenvalue weighted by Crippen LogP contribution is -2.50. The van der Waals surface area contributed by atoms with Gasteiger partial charge in [0, 0.05) is 24.5 Å². The molecule has 0 radical (unpaired) electrons. The minimum atomic E-state index is -4.53. The molecule has 0 spiro atoms. The summed E-state index contributed by atoms with van der Waals surface area (Å²) in [5.74, 6) is -3.41. The zero-order valence-corrected chi connectivity index (χ0v) is 28.7. The minimum absolute atomic E-state index is 0.0305. The Kier molecular flexibility index (Phi) is 12.2. The molecule has 0 unspecified atom stereocenters. The van der Waals surface area contributed by atoms with Crippen LogP contribution < -0.4 is 10.1 Å². The molecule has 3 aromatic carbocycles. The fourth-order valence-electron chi connectivity index (χ4n) is 4.87. The molecule has 0 aliphatic carbocycles. The highest BCUT2D eigenvalue weighted by atomic mass is 32.1. The van der Waals surface area contributed by atoms with Gasteiger partial charge in [0.2, 0.25) is 5.41 Å². The topological polar surface area (TPSA) is 138 Å². The summed E-state index contributed by atoms with van der Waals surface area (Å²) in [6.07, 6.45) is -5.85. The Bertz CT molecular complexity index is 1870. The van der Waals surface area contributed by atoms with Crippen molar-refractivity contribution in [3.05, 3.63) is 106 Å². The van der Waals surface area contributed by atoms with Crippen LogP contribution in [0.5, 0.6) is 5.75 Å². The zero-order chi connectivity index (χ0) is 37.3. The SMILES string of the molecule is CCOC(=O)C(COC(=O)Oc1ccc(NC(=O)c2ccccc2-c2ccc(C(F)(F)F)cc2)c(C(=O)N(C)C)c1)(C(=O)OCC)c1cccs1. The molecule has 4 aromatic rings. The van der Waals surface area contributed by atoms with Gasteiger partial charge in [-0.3, -0.25) is 19.2 Å². The molecular weight excluding hydrogens is 693 g/mol. The van der Waals surface area contributed by atoms with Crippen LogP contribution in [0.15, 0.2) is 84.2 Å². The highest BCUT2D eigenvalue weighted by molar-refractivity contribution is 7.10. The molecule has 2 amide bonds. The maximum Gasteiger partial charge on any atom is 0.513 e. The molecule has 0 saturated carbocycles. The molecule has 1 N–H and O–H groups in total. The van der Waals surface area contributed by atoms with Gasteiger partial charge in [-0.15, -0.1) is 11.3 Å². The van der Waals surface area contributed by atoms with Gasteiger partial charge in [-0.2, -0.15) is 13.2 Å². The Morgan fingerprint density at radius 3 is 2.00 bits per heavy atom. The van der Waals surface area contributed by atoms with E-state index in [1.165, 1.54) is 61.5 Å². The van der Waals surface area contributed by atoms with Crippen molar-refractivity contribution in [3.8, 4) is 16.9 Å². The number of rotatable bonds is 12. The van der Waals surface area contributed by atoms with Crippen LogP contribution in [0, 0.1) is 0 Å². The van der Waals surface area contributed by atoms with Crippen LogP contribution in [0.4, 0.5) is 23.7 Å². The third kappa shape index (κ3) is 8.73. The third-order valence-corrected chi connectivity index (χ3v) is 8.40. The fourth-order valence-corrected chi connectivity index (χ4v) is 5.76. The predicted octanol–water partition coefficient (Wildman–Crippen LogP) is 6.97. The Balaban J connectivity index is 1.59. The van der Waals surface area contributed by atoms with Gasteiger partial charge in [-0.25, -0.2) is 4.79 Å². The first-order chi connectivity index (χ1) is 24.2. The second-order valence-corrected chi connectivity index (χ2v) is 11.9. The van der Waals surface area contributed by atoms with Crippen molar-refractivity contribution in [2.45, 2.75) is 25.4 Å². The molecule has 4 rings (SSSR count). The Hall–Kier alpha value is -5.70. The highest BCUT2D eigenvalue weighted by Crippen LogP contribution is 2.34. The van der Waals surface area contributed by atoms with E-state index in [4.69, 9.17) is 18.9 Å². The molecule has 0 aliphatic rings. The van der Waals surface area contributed by atoms with Gasteiger partial charge in [-0.1, -0.05) is 36.4 Å². The van der Waals surface area contributed by atoms with Crippen molar-refractivity contribution in [2.75, 3.05) is 39.2 Å². The molecule has 1 heterocycles. The van der Waals surface area contributed by atoms with Crippen LogP contribution in [0.1, 0.15) is 45.0 Å². The summed E-state index contributed by atoms with van der Waals surface area (Å²) in [6, 6.07) is 17.5. The minimum Gasteiger partial charge on any atom is -0.465 e. The fraction of sp³-hybridized carbons (Fsp3) is 0.250. The van der Waals surface area contributed by atoms with Gasteiger partial charge in [0.05, 0.1) is 30.0 Å². The van der Waals surface area contributed by atoms with Crippen LogP contribution in [0.25, 0.3) is 11.1 Å². The second-order valence-electron chi connectivity index (χ2n) is 10.9. The molecule has 1 aromatic heterocycles. The average Bonchev–Trinajstić information content (AvgIpc) is 3.64. The van der Waals surface area contributed by atoms with E-state index in [9.17, 15) is 37.1 Å². The summed E-state index contributed by atoms with van der Waals surface area (Å²) in [7, 11) is 2.93. The number of ether oxygens (including phenoxy) is 4.